The van der Waals surface area contributed by atoms with Gasteiger partial charge in [-0.1, -0.05) is 18.2 Å². The number of sulfonamides is 1. The Morgan fingerprint density at radius 1 is 1.29 bits per heavy atom. The number of benzene rings is 1. The lowest BCUT2D eigenvalue weighted by atomic mass is 9.95. The van der Waals surface area contributed by atoms with Crippen molar-refractivity contribution in [3.8, 4) is 0 Å². The summed E-state index contributed by atoms with van der Waals surface area (Å²) in [7, 11) is -8.32. The Morgan fingerprint density at radius 3 is 2.54 bits per heavy atom. The Balaban J connectivity index is 1.75. The SMILES string of the molecule is C=C(c1c(Cl)cc(F)cc1N(N)S(=O)(=O)c1ccn(S(=O)(=O)C(C)C)c1)N1CCC(F)CC12CC2. The largest absolute Gasteiger partial charge is 0.366 e. The highest BCUT2D eigenvalue weighted by Crippen LogP contribution is 2.53. The topological polar surface area (TPSA) is 106 Å². The minimum atomic E-state index is -4.52. The molecule has 2 N–H and O–H groups in total. The number of anilines is 1. The smallest absolute Gasteiger partial charge is 0.279 e. The molecule has 1 spiro atoms. The van der Waals surface area contributed by atoms with Crippen molar-refractivity contribution >= 4 is 43.0 Å². The van der Waals surface area contributed by atoms with Crippen molar-refractivity contribution in [2.45, 2.75) is 61.4 Å². The van der Waals surface area contributed by atoms with E-state index in [4.69, 9.17) is 17.4 Å². The van der Waals surface area contributed by atoms with Crippen molar-refractivity contribution in [1.29, 1.82) is 0 Å². The first-order valence-electron chi connectivity index (χ1n) is 11.0. The summed E-state index contributed by atoms with van der Waals surface area (Å²) in [6.45, 7) is 7.36. The van der Waals surface area contributed by atoms with Gasteiger partial charge in [0, 0.05) is 48.2 Å². The third-order valence-corrected chi connectivity index (χ3v) is 10.5. The molecule has 2 fully saturated rings. The maximum atomic E-state index is 14.4. The number of aromatic nitrogens is 1. The molecular weight excluding hydrogens is 522 g/mol. The summed E-state index contributed by atoms with van der Waals surface area (Å²) >= 11 is 6.37. The lowest BCUT2D eigenvalue weighted by molar-refractivity contribution is 0.125. The van der Waals surface area contributed by atoms with Gasteiger partial charge in [0.05, 0.1) is 16.0 Å². The molecule has 1 saturated carbocycles. The van der Waals surface area contributed by atoms with E-state index in [0.29, 0.717) is 23.1 Å². The van der Waals surface area contributed by atoms with Crippen LogP contribution in [0.2, 0.25) is 5.02 Å². The van der Waals surface area contributed by atoms with Gasteiger partial charge in [0.25, 0.3) is 10.0 Å². The first-order valence-corrected chi connectivity index (χ1v) is 14.4. The Kier molecular flexibility index (Phi) is 6.48. The van der Waals surface area contributed by atoms with Gasteiger partial charge in [-0.25, -0.2) is 27.5 Å². The number of hydrazine groups is 1. The summed E-state index contributed by atoms with van der Waals surface area (Å²) < 4.78 is 81.2. The van der Waals surface area contributed by atoms with E-state index in [-0.39, 0.29) is 22.7 Å². The number of nitrogens with zero attached hydrogens (tertiary/aromatic N) is 3. The molecule has 2 aromatic rings. The summed E-state index contributed by atoms with van der Waals surface area (Å²) in [5, 5.41) is -0.895. The molecule has 4 rings (SSSR count). The normalized spacial score (nSPS) is 19.9. The quantitative estimate of drug-likeness (QED) is 0.416. The standard InChI is InChI=1S/C22H27ClF2N4O4S2/c1-14(2)34(30,31)27-8-5-18(13-27)35(32,33)29(26)20-11-17(25)10-19(23)21(20)15(3)28-9-4-16(24)12-22(28)6-7-22/h5,8,10-11,13-14,16H,3-4,6-7,9,12,26H2,1-2H3. The van der Waals surface area contributed by atoms with E-state index in [9.17, 15) is 25.6 Å². The zero-order valence-corrected chi connectivity index (χ0v) is 21.7. The molecule has 0 radical (unpaired) electrons. The van der Waals surface area contributed by atoms with Crippen LogP contribution in [0.1, 0.15) is 45.1 Å². The number of hydrogen-bond acceptors (Lipinski definition) is 6. The van der Waals surface area contributed by atoms with E-state index < -0.39 is 47.7 Å². The highest BCUT2D eigenvalue weighted by atomic mass is 35.5. The van der Waals surface area contributed by atoms with Gasteiger partial charge in [-0.2, -0.15) is 8.42 Å². The number of likely N-dealkylation sites (tertiary alicyclic amines) is 1. The average Bonchev–Trinajstić information content (AvgIpc) is 3.31. The van der Waals surface area contributed by atoms with Crippen LogP contribution < -0.4 is 10.3 Å². The molecule has 1 aromatic heterocycles. The van der Waals surface area contributed by atoms with Crippen LogP contribution in [0.15, 0.2) is 42.1 Å². The number of hydrogen-bond donors (Lipinski definition) is 1. The minimum absolute atomic E-state index is 0.103. The van der Waals surface area contributed by atoms with E-state index in [1.165, 1.54) is 13.8 Å². The first kappa shape index (κ1) is 25.9. The van der Waals surface area contributed by atoms with Gasteiger partial charge in [0.1, 0.15) is 16.9 Å². The van der Waals surface area contributed by atoms with Crippen molar-refractivity contribution in [3.05, 3.63) is 53.6 Å². The van der Waals surface area contributed by atoms with Crippen molar-refractivity contribution in [1.82, 2.24) is 8.87 Å². The molecule has 2 aliphatic rings. The first-order chi connectivity index (χ1) is 16.2. The summed E-state index contributed by atoms with van der Waals surface area (Å²) in [4.78, 5) is 1.50. The van der Waals surface area contributed by atoms with Gasteiger partial charge in [-0.15, -0.1) is 0 Å². The third-order valence-electron chi connectivity index (χ3n) is 6.64. The van der Waals surface area contributed by atoms with E-state index in [2.05, 4.69) is 6.58 Å². The Hall–Kier alpha value is -2.15. The number of piperidine rings is 1. The van der Waals surface area contributed by atoms with Gasteiger partial charge in [0.15, 0.2) is 0 Å². The second-order valence-corrected chi connectivity index (χ2v) is 13.9. The van der Waals surface area contributed by atoms with Gasteiger partial charge in [0.2, 0.25) is 10.0 Å². The summed E-state index contributed by atoms with van der Waals surface area (Å²) in [6, 6.07) is 3.04. The van der Waals surface area contributed by atoms with E-state index >= 15 is 0 Å². The van der Waals surface area contributed by atoms with E-state index in [0.717, 1.165) is 47.4 Å². The molecule has 1 aromatic carbocycles. The second kappa shape index (κ2) is 8.75. The third kappa shape index (κ3) is 4.45. The molecule has 1 atom stereocenters. The molecule has 192 valence electrons. The zero-order valence-electron chi connectivity index (χ0n) is 19.3. The average molecular weight is 549 g/mol. The predicted molar refractivity (Wildman–Crippen MR) is 131 cm³/mol. The Morgan fingerprint density at radius 2 is 1.94 bits per heavy atom. The zero-order chi connectivity index (χ0) is 25.9. The van der Waals surface area contributed by atoms with Crippen molar-refractivity contribution in [2.75, 3.05) is 11.0 Å². The molecular formula is C22H27ClF2N4O4S2. The van der Waals surface area contributed by atoms with Crippen molar-refractivity contribution < 1.29 is 25.6 Å². The fourth-order valence-corrected chi connectivity index (χ4v) is 6.95. The predicted octanol–water partition coefficient (Wildman–Crippen LogP) is 3.87. The highest BCUT2D eigenvalue weighted by molar-refractivity contribution is 7.93. The number of alkyl halides is 1. The van der Waals surface area contributed by atoms with Crippen molar-refractivity contribution in [2.24, 2.45) is 5.84 Å². The van der Waals surface area contributed by atoms with Gasteiger partial charge in [-0.3, -0.25) is 3.97 Å². The Bertz CT molecular complexity index is 1390. The van der Waals surface area contributed by atoms with Gasteiger partial charge < -0.3 is 4.90 Å². The summed E-state index contributed by atoms with van der Waals surface area (Å²) in [5.74, 6) is 5.21. The maximum absolute atomic E-state index is 14.4. The molecule has 13 heteroatoms. The molecule has 1 aliphatic heterocycles. The molecule has 2 heterocycles. The fraction of sp³-hybridized carbons (Fsp3) is 0.455. The van der Waals surface area contributed by atoms with Crippen LogP contribution >= 0.6 is 11.6 Å². The van der Waals surface area contributed by atoms with Gasteiger partial charge in [-0.05, 0) is 45.2 Å². The lowest BCUT2D eigenvalue weighted by Gasteiger charge is -2.41. The van der Waals surface area contributed by atoms with Crippen LogP contribution in [0, 0.1) is 5.82 Å². The van der Waals surface area contributed by atoms with Crippen molar-refractivity contribution in [3.63, 3.8) is 0 Å². The van der Waals surface area contributed by atoms with E-state index in [1.54, 1.807) is 0 Å². The van der Waals surface area contributed by atoms with Crippen LogP contribution in [0.4, 0.5) is 14.5 Å². The number of nitrogens with two attached hydrogens (primary N) is 1. The molecule has 35 heavy (non-hydrogen) atoms. The molecule has 1 saturated heterocycles. The second-order valence-electron chi connectivity index (χ2n) is 9.27. The minimum Gasteiger partial charge on any atom is -0.366 e. The lowest BCUT2D eigenvalue weighted by Crippen LogP contribution is -2.44. The number of halogens is 3. The highest BCUT2D eigenvalue weighted by Gasteiger charge is 2.52. The van der Waals surface area contributed by atoms with Crippen LogP contribution in [-0.2, 0) is 20.0 Å². The molecule has 0 amide bonds. The Labute approximate surface area is 209 Å². The molecule has 1 unspecified atom stereocenters. The summed E-state index contributed by atoms with van der Waals surface area (Å²) in [5.41, 5.74) is -0.264. The van der Waals surface area contributed by atoms with Gasteiger partial charge >= 0.3 is 0 Å². The van der Waals surface area contributed by atoms with Crippen LogP contribution in [0.3, 0.4) is 0 Å². The van der Waals surface area contributed by atoms with Crippen LogP contribution in [0.5, 0.6) is 0 Å². The molecule has 0 bridgehead atoms. The fourth-order valence-electron chi connectivity index (χ4n) is 4.48. The van der Waals surface area contributed by atoms with Crippen LogP contribution in [-0.4, -0.2) is 49.2 Å². The number of rotatable bonds is 7. The summed E-state index contributed by atoms with van der Waals surface area (Å²) in [6.07, 6.45) is 3.20. The van der Waals surface area contributed by atoms with E-state index in [1.807, 2.05) is 4.90 Å². The monoisotopic (exact) mass is 548 g/mol. The van der Waals surface area contributed by atoms with Crippen LogP contribution in [0.25, 0.3) is 5.70 Å². The molecule has 1 aliphatic carbocycles. The maximum Gasteiger partial charge on any atom is 0.279 e. The molecule has 8 nitrogen and oxygen atoms in total.